The van der Waals surface area contributed by atoms with E-state index in [9.17, 15) is 18.0 Å². The Morgan fingerprint density at radius 1 is 1.50 bits per heavy atom. The summed E-state index contributed by atoms with van der Waals surface area (Å²) < 4.78 is 38.0. The highest BCUT2D eigenvalue weighted by atomic mass is 19.4. The van der Waals surface area contributed by atoms with E-state index in [0.717, 1.165) is 6.42 Å². The quantitative estimate of drug-likeness (QED) is 0.846. The zero-order chi connectivity index (χ0) is 13.8. The van der Waals surface area contributed by atoms with Crippen LogP contribution in [0.5, 0.6) is 0 Å². The highest BCUT2D eigenvalue weighted by Gasteiger charge is 2.43. The van der Waals surface area contributed by atoms with Crippen LogP contribution in [0, 0.1) is 5.92 Å². The zero-order valence-electron chi connectivity index (χ0n) is 10.9. The van der Waals surface area contributed by atoms with Gasteiger partial charge in [0, 0.05) is 13.1 Å². The van der Waals surface area contributed by atoms with Crippen molar-refractivity contribution < 1.29 is 18.0 Å². The third-order valence-electron chi connectivity index (χ3n) is 3.39. The van der Waals surface area contributed by atoms with Gasteiger partial charge >= 0.3 is 6.18 Å². The SMILES string of the molecule is CCCNC(=O)[C@@H](C)N1CCC[C@@H](C(F)(F)F)C1. The summed E-state index contributed by atoms with van der Waals surface area (Å²) in [7, 11) is 0. The summed E-state index contributed by atoms with van der Waals surface area (Å²) in [5, 5.41) is 2.72. The van der Waals surface area contributed by atoms with Crippen molar-refractivity contribution in [2.75, 3.05) is 19.6 Å². The van der Waals surface area contributed by atoms with E-state index < -0.39 is 18.1 Å². The lowest BCUT2D eigenvalue weighted by molar-refractivity contribution is -0.188. The molecule has 1 heterocycles. The van der Waals surface area contributed by atoms with Gasteiger partial charge in [-0.3, -0.25) is 9.69 Å². The Hall–Kier alpha value is -0.780. The lowest BCUT2D eigenvalue weighted by Gasteiger charge is -2.36. The first-order valence-corrected chi connectivity index (χ1v) is 6.44. The van der Waals surface area contributed by atoms with Crippen LogP contribution in [0.1, 0.15) is 33.1 Å². The minimum Gasteiger partial charge on any atom is -0.355 e. The minimum atomic E-state index is -4.15. The third-order valence-corrected chi connectivity index (χ3v) is 3.39. The van der Waals surface area contributed by atoms with Crippen LogP contribution in [0.25, 0.3) is 0 Å². The molecular weight excluding hydrogens is 245 g/mol. The normalized spacial score (nSPS) is 23.7. The Morgan fingerprint density at radius 2 is 2.17 bits per heavy atom. The molecule has 106 valence electrons. The summed E-state index contributed by atoms with van der Waals surface area (Å²) in [4.78, 5) is 13.4. The molecule has 1 aliphatic rings. The molecule has 3 nitrogen and oxygen atoms in total. The summed E-state index contributed by atoms with van der Waals surface area (Å²) >= 11 is 0. The van der Waals surface area contributed by atoms with Gasteiger partial charge in [-0.1, -0.05) is 6.92 Å². The maximum Gasteiger partial charge on any atom is 0.393 e. The van der Waals surface area contributed by atoms with E-state index in [0.29, 0.717) is 19.5 Å². The standard InChI is InChI=1S/C12H21F3N2O/c1-3-6-16-11(18)9(2)17-7-4-5-10(8-17)12(13,14)15/h9-10H,3-8H2,1-2H3,(H,16,18)/t9-,10-/m1/s1. The number of hydrogen-bond donors (Lipinski definition) is 1. The van der Waals surface area contributed by atoms with Crippen LogP contribution in [-0.4, -0.2) is 42.7 Å². The van der Waals surface area contributed by atoms with Crippen LogP contribution < -0.4 is 5.32 Å². The molecule has 0 aromatic carbocycles. The topological polar surface area (TPSA) is 32.3 Å². The van der Waals surface area contributed by atoms with Crippen molar-refractivity contribution in [1.29, 1.82) is 0 Å². The summed E-state index contributed by atoms with van der Waals surface area (Å²) in [5.41, 5.74) is 0. The number of halogens is 3. The first-order valence-electron chi connectivity index (χ1n) is 6.44. The van der Waals surface area contributed by atoms with Crippen molar-refractivity contribution >= 4 is 5.91 Å². The molecular formula is C12H21F3N2O. The van der Waals surface area contributed by atoms with Gasteiger partial charge in [0.2, 0.25) is 5.91 Å². The average molecular weight is 266 g/mol. The van der Waals surface area contributed by atoms with Gasteiger partial charge in [0.15, 0.2) is 0 Å². The van der Waals surface area contributed by atoms with Crippen molar-refractivity contribution in [3.63, 3.8) is 0 Å². The molecule has 0 unspecified atom stereocenters. The number of carbonyl (C=O) groups is 1. The predicted octanol–water partition coefficient (Wildman–Crippen LogP) is 2.18. The summed E-state index contributed by atoms with van der Waals surface area (Å²) in [5.74, 6) is -1.48. The maximum absolute atomic E-state index is 12.7. The van der Waals surface area contributed by atoms with Gasteiger partial charge in [-0.15, -0.1) is 0 Å². The first-order chi connectivity index (χ1) is 8.36. The van der Waals surface area contributed by atoms with Crippen molar-refractivity contribution in [3.8, 4) is 0 Å². The summed E-state index contributed by atoms with van der Waals surface area (Å²) in [6.45, 7) is 4.67. The Balaban J connectivity index is 2.53. The Labute approximate surface area is 106 Å². The molecule has 1 rings (SSSR count). The first kappa shape index (κ1) is 15.3. The van der Waals surface area contributed by atoms with E-state index in [2.05, 4.69) is 5.32 Å². The fraction of sp³-hybridized carbons (Fsp3) is 0.917. The molecule has 0 aromatic heterocycles. The second kappa shape index (κ2) is 6.41. The van der Waals surface area contributed by atoms with Gasteiger partial charge in [0.1, 0.15) is 0 Å². The average Bonchev–Trinajstić information content (AvgIpc) is 2.34. The minimum absolute atomic E-state index is 0.0653. The van der Waals surface area contributed by atoms with Crippen LogP contribution in [0.15, 0.2) is 0 Å². The highest BCUT2D eigenvalue weighted by Crippen LogP contribution is 2.33. The zero-order valence-corrected chi connectivity index (χ0v) is 10.9. The number of likely N-dealkylation sites (tertiary alicyclic amines) is 1. The number of hydrogen-bond acceptors (Lipinski definition) is 2. The highest BCUT2D eigenvalue weighted by molar-refractivity contribution is 5.81. The van der Waals surface area contributed by atoms with Gasteiger partial charge < -0.3 is 5.32 Å². The second-order valence-electron chi connectivity index (χ2n) is 4.84. The molecule has 1 saturated heterocycles. The summed E-state index contributed by atoms with van der Waals surface area (Å²) in [6.07, 6.45) is -2.67. The molecule has 1 N–H and O–H groups in total. The molecule has 1 amide bonds. The van der Waals surface area contributed by atoms with Gasteiger partial charge in [0.25, 0.3) is 0 Å². The van der Waals surface area contributed by atoms with E-state index in [1.54, 1.807) is 11.8 Å². The van der Waals surface area contributed by atoms with E-state index in [1.807, 2.05) is 6.92 Å². The van der Waals surface area contributed by atoms with Crippen molar-refractivity contribution in [1.82, 2.24) is 10.2 Å². The van der Waals surface area contributed by atoms with Gasteiger partial charge in [-0.05, 0) is 32.7 Å². The largest absolute Gasteiger partial charge is 0.393 e. The van der Waals surface area contributed by atoms with Gasteiger partial charge in [0.05, 0.1) is 12.0 Å². The molecule has 0 aliphatic carbocycles. The summed E-state index contributed by atoms with van der Waals surface area (Å²) in [6, 6.07) is -0.485. The second-order valence-corrected chi connectivity index (χ2v) is 4.84. The van der Waals surface area contributed by atoms with Gasteiger partial charge in [-0.25, -0.2) is 0 Å². The lowest BCUT2D eigenvalue weighted by atomic mass is 9.96. The fourth-order valence-corrected chi connectivity index (χ4v) is 2.19. The molecule has 2 atom stereocenters. The number of nitrogens with zero attached hydrogens (tertiary/aromatic N) is 1. The van der Waals surface area contributed by atoms with Crippen molar-refractivity contribution in [2.45, 2.75) is 45.3 Å². The van der Waals surface area contributed by atoms with Crippen molar-refractivity contribution in [3.05, 3.63) is 0 Å². The van der Waals surface area contributed by atoms with Crippen LogP contribution >= 0.6 is 0 Å². The Kier molecular flexibility index (Phi) is 5.44. The third kappa shape index (κ3) is 4.15. The number of rotatable bonds is 4. The molecule has 1 fully saturated rings. The number of carbonyl (C=O) groups excluding carboxylic acids is 1. The van der Waals surface area contributed by atoms with Gasteiger partial charge in [-0.2, -0.15) is 13.2 Å². The Bertz CT molecular complexity index is 281. The predicted molar refractivity (Wildman–Crippen MR) is 63.1 cm³/mol. The van der Waals surface area contributed by atoms with E-state index in [-0.39, 0.29) is 18.9 Å². The number of piperidine rings is 1. The Morgan fingerprint density at radius 3 is 2.72 bits per heavy atom. The monoisotopic (exact) mass is 266 g/mol. The number of alkyl halides is 3. The number of nitrogens with one attached hydrogen (secondary N) is 1. The molecule has 0 saturated carbocycles. The van der Waals surface area contributed by atoms with Crippen LogP contribution in [0.4, 0.5) is 13.2 Å². The van der Waals surface area contributed by atoms with E-state index >= 15 is 0 Å². The molecule has 0 radical (unpaired) electrons. The maximum atomic E-state index is 12.7. The molecule has 6 heteroatoms. The van der Waals surface area contributed by atoms with Crippen LogP contribution in [-0.2, 0) is 4.79 Å². The molecule has 1 aliphatic heterocycles. The molecule has 18 heavy (non-hydrogen) atoms. The fourth-order valence-electron chi connectivity index (χ4n) is 2.19. The number of amides is 1. The molecule has 0 spiro atoms. The van der Waals surface area contributed by atoms with E-state index in [1.165, 1.54) is 0 Å². The van der Waals surface area contributed by atoms with E-state index in [4.69, 9.17) is 0 Å². The smallest absolute Gasteiger partial charge is 0.355 e. The lowest BCUT2D eigenvalue weighted by Crippen LogP contribution is -2.51. The molecule has 0 aromatic rings. The molecule has 0 bridgehead atoms. The van der Waals surface area contributed by atoms with Crippen LogP contribution in [0.3, 0.4) is 0 Å². The van der Waals surface area contributed by atoms with Crippen LogP contribution in [0.2, 0.25) is 0 Å². The van der Waals surface area contributed by atoms with Crippen molar-refractivity contribution in [2.24, 2.45) is 5.92 Å².